The van der Waals surface area contributed by atoms with Gasteiger partial charge in [0.1, 0.15) is 5.60 Å². The van der Waals surface area contributed by atoms with Gasteiger partial charge < -0.3 is 9.47 Å². The Morgan fingerprint density at radius 1 is 1.18 bits per heavy atom. The lowest BCUT2D eigenvalue weighted by Crippen LogP contribution is -2.36. The summed E-state index contributed by atoms with van der Waals surface area (Å²) in [4.78, 5) is 30.6. The number of alkyl halides is 3. The first-order valence-electron chi connectivity index (χ1n) is 10.8. The number of benzene rings is 1. The molecule has 1 saturated carbocycles. The predicted octanol–water partition coefficient (Wildman–Crippen LogP) is 6.47. The van der Waals surface area contributed by atoms with Crippen LogP contribution in [0.15, 0.2) is 41.0 Å². The third kappa shape index (κ3) is 6.49. The van der Waals surface area contributed by atoms with Gasteiger partial charge in [-0.25, -0.2) is 4.79 Å². The Morgan fingerprint density at radius 2 is 1.88 bits per heavy atom. The van der Waals surface area contributed by atoms with E-state index in [4.69, 9.17) is 9.47 Å². The van der Waals surface area contributed by atoms with Gasteiger partial charge in [-0.3, -0.25) is 14.7 Å². The second-order valence-electron chi connectivity index (χ2n) is 9.02. The zero-order chi connectivity index (χ0) is 25.3. The number of rotatable bonds is 6. The van der Waals surface area contributed by atoms with E-state index in [9.17, 15) is 22.8 Å². The van der Waals surface area contributed by atoms with Gasteiger partial charge in [0.25, 0.3) is 0 Å². The van der Waals surface area contributed by atoms with Crippen LogP contribution in [0.25, 0.3) is 0 Å². The standard InChI is InChI=1S/C24H26BrF3N2O4/c1-5-33-21(31)17-11-16(17)20-9-7-15(12-29-20)30(22(32)34-23(2,3)4)13-14-6-8-18(19(25)10-14)24(26,27)28/h6-10,12,16-17H,5,11,13H2,1-4H3/t16-,17-/m0/s1. The first-order valence-corrected chi connectivity index (χ1v) is 11.6. The first-order chi connectivity index (χ1) is 15.8. The molecular weight excluding hydrogens is 517 g/mol. The van der Waals surface area contributed by atoms with Gasteiger partial charge in [-0.1, -0.05) is 22.0 Å². The molecule has 34 heavy (non-hydrogen) atoms. The molecule has 2 atom stereocenters. The van der Waals surface area contributed by atoms with Crippen LogP contribution >= 0.6 is 15.9 Å². The van der Waals surface area contributed by atoms with E-state index >= 15 is 0 Å². The molecule has 10 heteroatoms. The summed E-state index contributed by atoms with van der Waals surface area (Å²) in [5.41, 5.74) is 0.0289. The molecule has 0 N–H and O–H groups in total. The van der Waals surface area contributed by atoms with Crippen molar-refractivity contribution in [2.45, 2.75) is 58.4 Å². The topological polar surface area (TPSA) is 68.7 Å². The van der Waals surface area contributed by atoms with Crippen molar-refractivity contribution in [3.63, 3.8) is 0 Å². The molecule has 1 fully saturated rings. The Bertz CT molecular complexity index is 1050. The summed E-state index contributed by atoms with van der Waals surface area (Å²) in [6.45, 7) is 7.22. The Kier molecular flexibility index (Phi) is 7.59. The highest BCUT2D eigenvalue weighted by molar-refractivity contribution is 9.10. The zero-order valence-electron chi connectivity index (χ0n) is 19.3. The summed E-state index contributed by atoms with van der Waals surface area (Å²) >= 11 is 2.97. The van der Waals surface area contributed by atoms with Crippen molar-refractivity contribution in [2.75, 3.05) is 11.5 Å². The molecule has 6 nitrogen and oxygen atoms in total. The van der Waals surface area contributed by atoms with E-state index in [2.05, 4.69) is 20.9 Å². The van der Waals surface area contributed by atoms with E-state index < -0.39 is 23.4 Å². The number of carbonyl (C=O) groups is 2. The Labute approximate surface area is 204 Å². The average Bonchev–Trinajstić information content (AvgIpc) is 3.51. The molecule has 1 aromatic heterocycles. The number of nitrogens with zero attached hydrogens (tertiary/aromatic N) is 2. The van der Waals surface area contributed by atoms with Crippen LogP contribution in [-0.4, -0.2) is 29.3 Å². The van der Waals surface area contributed by atoms with Gasteiger partial charge in [0.05, 0.1) is 36.5 Å². The number of hydrogen-bond donors (Lipinski definition) is 0. The molecule has 0 saturated heterocycles. The SMILES string of the molecule is CCOC(=O)[C@H]1C[C@@H]1c1ccc(N(Cc2ccc(C(F)(F)F)c(Br)c2)C(=O)OC(C)(C)C)cn1. The van der Waals surface area contributed by atoms with Crippen LogP contribution < -0.4 is 4.90 Å². The smallest absolute Gasteiger partial charge is 0.417 e. The highest BCUT2D eigenvalue weighted by atomic mass is 79.9. The minimum Gasteiger partial charge on any atom is -0.466 e. The minimum atomic E-state index is -4.49. The Hall–Kier alpha value is -2.62. The second kappa shape index (κ2) is 9.93. The van der Waals surface area contributed by atoms with Crippen molar-refractivity contribution >= 4 is 33.7 Å². The Morgan fingerprint density at radius 3 is 2.41 bits per heavy atom. The maximum atomic E-state index is 13.1. The lowest BCUT2D eigenvalue weighted by molar-refractivity contribution is -0.144. The zero-order valence-corrected chi connectivity index (χ0v) is 20.9. The van der Waals surface area contributed by atoms with Crippen LogP contribution in [0.2, 0.25) is 0 Å². The number of esters is 1. The summed E-state index contributed by atoms with van der Waals surface area (Å²) < 4.78 is 49.7. The number of hydrogen-bond acceptors (Lipinski definition) is 5. The van der Waals surface area contributed by atoms with Gasteiger partial charge >= 0.3 is 18.2 Å². The van der Waals surface area contributed by atoms with E-state index in [0.29, 0.717) is 30.0 Å². The predicted molar refractivity (Wildman–Crippen MR) is 123 cm³/mol. The highest BCUT2D eigenvalue weighted by Crippen LogP contribution is 2.47. The van der Waals surface area contributed by atoms with Gasteiger partial charge in [-0.05, 0) is 63.9 Å². The molecule has 0 radical (unpaired) electrons. The molecule has 1 aromatic carbocycles. The molecule has 1 aliphatic carbocycles. The minimum absolute atomic E-state index is 0.0262. The number of amides is 1. The van der Waals surface area contributed by atoms with E-state index in [1.165, 1.54) is 23.2 Å². The van der Waals surface area contributed by atoms with Crippen molar-refractivity contribution in [2.24, 2.45) is 5.92 Å². The maximum absolute atomic E-state index is 13.1. The third-order valence-electron chi connectivity index (χ3n) is 5.14. The fourth-order valence-corrected chi connectivity index (χ4v) is 4.11. The number of aromatic nitrogens is 1. The van der Waals surface area contributed by atoms with Crippen LogP contribution in [0.5, 0.6) is 0 Å². The van der Waals surface area contributed by atoms with Crippen molar-refractivity contribution in [1.29, 1.82) is 0 Å². The molecule has 0 spiro atoms. The second-order valence-corrected chi connectivity index (χ2v) is 9.87. The quantitative estimate of drug-likeness (QED) is 0.391. The van der Waals surface area contributed by atoms with Crippen molar-refractivity contribution in [3.8, 4) is 0 Å². The van der Waals surface area contributed by atoms with Crippen LogP contribution in [-0.2, 0) is 27.0 Å². The molecular formula is C24H26BrF3N2O4. The highest BCUT2D eigenvalue weighted by Gasteiger charge is 2.46. The fraction of sp³-hybridized carbons (Fsp3) is 0.458. The van der Waals surface area contributed by atoms with Gasteiger partial charge in [0, 0.05) is 16.1 Å². The number of anilines is 1. The molecule has 1 amide bonds. The summed E-state index contributed by atoms with van der Waals surface area (Å²) in [7, 11) is 0. The van der Waals surface area contributed by atoms with Crippen LogP contribution in [0.1, 0.15) is 56.9 Å². The lowest BCUT2D eigenvalue weighted by Gasteiger charge is -2.27. The largest absolute Gasteiger partial charge is 0.466 e. The fourth-order valence-electron chi connectivity index (χ4n) is 3.46. The van der Waals surface area contributed by atoms with Crippen molar-refractivity contribution < 1.29 is 32.2 Å². The van der Waals surface area contributed by atoms with Gasteiger partial charge in [-0.2, -0.15) is 13.2 Å². The number of pyridine rings is 1. The van der Waals surface area contributed by atoms with Gasteiger partial charge in [-0.15, -0.1) is 0 Å². The summed E-state index contributed by atoms with van der Waals surface area (Å²) in [5, 5.41) is 0. The third-order valence-corrected chi connectivity index (χ3v) is 5.79. The molecule has 0 aliphatic heterocycles. The Balaban J connectivity index is 1.83. The molecule has 3 rings (SSSR count). The van der Waals surface area contributed by atoms with Gasteiger partial charge in [0.15, 0.2) is 0 Å². The summed E-state index contributed by atoms with van der Waals surface area (Å²) in [5.74, 6) is -0.500. The number of carbonyl (C=O) groups excluding carboxylic acids is 2. The molecule has 0 bridgehead atoms. The van der Waals surface area contributed by atoms with Crippen LogP contribution in [0.4, 0.5) is 23.7 Å². The summed E-state index contributed by atoms with van der Waals surface area (Å²) in [6, 6.07) is 7.04. The van der Waals surface area contributed by atoms with E-state index in [-0.39, 0.29) is 28.8 Å². The van der Waals surface area contributed by atoms with Crippen molar-refractivity contribution in [1.82, 2.24) is 4.98 Å². The van der Waals surface area contributed by atoms with Crippen LogP contribution in [0, 0.1) is 5.92 Å². The monoisotopic (exact) mass is 542 g/mol. The lowest BCUT2D eigenvalue weighted by atomic mass is 10.1. The molecule has 184 valence electrons. The normalized spacial score (nSPS) is 17.8. The molecule has 2 aromatic rings. The van der Waals surface area contributed by atoms with E-state index in [1.807, 2.05) is 0 Å². The van der Waals surface area contributed by atoms with Crippen LogP contribution in [0.3, 0.4) is 0 Å². The maximum Gasteiger partial charge on any atom is 0.417 e. The van der Waals surface area contributed by atoms with E-state index in [0.717, 1.165) is 6.07 Å². The average molecular weight is 543 g/mol. The first kappa shape index (κ1) is 26.0. The van der Waals surface area contributed by atoms with Gasteiger partial charge in [0.2, 0.25) is 0 Å². The molecule has 1 heterocycles. The number of halogens is 4. The van der Waals surface area contributed by atoms with E-state index in [1.54, 1.807) is 39.8 Å². The molecule has 1 aliphatic rings. The molecule has 0 unspecified atom stereocenters. The summed E-state index contributed by atoms with van der Waals surface area (Å²) in [6.07, 6.45) is -3.00. The number of ether oxygens (including phenoxy) is 2. The van der Waals surface area contributed by atoms with Crippen molar-refractivity contribution in [3.05, 3.63) is 57.8 Å².